The smallest absolute Gasteiger partial charge is 0.416 e. The van der Waals surface area contributed by atoms with Crippen molar-refractivity contribution in [2.24, 2.45) is 5.41 Å². The number of nitrogens with zero attached hydrogens (tertiary/aromatic N) is 1. The molecule has 1 amide bonds. The quantitative estimate of drug-likeness (QED) is 0.692. The molecule has 2 aliphatic heterocycles. The molecule has 0 aromatic heterocycles. The van der Waals surface area contributed by atoms with Crippen molar-refractivity contribution in [3.63, 3.8) is 0 Å². The van der Waals surface area contributed by atoms with Crippen molar-refractivity contribution in [1.82, 2.24) is 4.90 Å². The number of benzene rings is 2. The van der Waals surface area contributed by atoms with Crippen LogP contribution in [0.2, 0.25) is 0 Å². The van der Waals surface area contributed by atoms with Crippen LogP contribution < -0.4 is 4.74 Å². The lowest BCUT2D eigenvalue weighted by Gasteiger charge is -2.43. The van der Waals surface area contributed by atoms with E-state index in [0.29, 0.717) is 12.8 Å². The Balaban J connectivity index is 1.27. The van der Waals surface area contributed by atoms with Crippen molar-refractivity contribution in [3.8, 4) is 5.75 Å². The lowest BCUT2D eigenvalue weighted by molar-refractivity contribution is -0.147. The fourth-order valence-electron chi connectivity index (χ4n) is 5.38. The summed E-state index contributed by atoms with van der Waals surface area (Å²) >= 11 is 0. The van der Waals surface area contributed by atoms with Gasteiger partial charge in [0.25, 0.3) is 0 Å². The maximum absolute atomic E-state index is 13.3. The Kier molecular flexibility index (Phi) is 4.16. The maximum Gasteiger partial charge on any atom is 0.416 e. The Morgan fingerprint density at radius 2 is 1.72 bits per heavy atom. The second-order valence-electron chi connectivity index (χ2n) is 8.53. The molecular weight excluding hydrogens is 379 g/mol. The van der Waals surface area contributed by atoms with Crippen LogP contribution in [-0.4, -0.2) is 23.0 Å². The molecule has 2 heterocycles. The highest BCUT2D eigenvalue weighted by atomic mass is 19.4. The number of amides is 1. The fraction of sp³-hybridized carbons (Fsp3) is 0.435. The SMILES string of the molecule is O=C1N2C(CCC2c2ccccc2)CC12CC(Oc1cccc(C(F)(F)F)c1)C2. The number of halogens is 3. The number of fused-ring (bicyclic) bond motifs is 1. The molecular formula is C23H22F3NO2. The van der Waals surface area contributed by atoms with Gasteiger partial charge in [-0.05, 0) is 55.9 Å². The van der Waals surface area contributed by atoms with Crippen LogP contribution in [-0.2, 0) is 11.0 Å². The van der Waals surface area contributed by atoms with Crippen molar-refractivity contribution < 1.29 is 22.7 Å². The zero-order chi connectivity index (χ0) is 20.2. The van der Waals surface area contributed by atoms with Gasteiger partial charge in [0.1, 0.15) is 11.9 Å². The molecule has 3 aliphatic rings. The minimum Gasteiger partial charge on any atom is -0.490 e. The van der Waals surface area contributed by atoms with E-state index < -0.39 is 17.2 Å². The summed E-state index contributed by atoms with van der Waals surface area (Å²) in [5, 5.41) is 0. The van der Waals surface area contributed by atoms with Gasteiger partial charge in [-0.1, -0.05) is 36.4 Å². The summed E-state index contributed by atoms with van der Waals surface area (Å²) in [6.45, 7) is 0. The summed E-state index contributed by atoms with van der Waals surface area (Å²) in [7, 11) is 0. The molecule has 2 aromatic rings. The van der Waals surface area contributed by atoms with Gasteiger partial charge in [0.2, 0.25) is 5.91 Å². The molecule has 6 heteroatoms. The molecule has 1 saturated carbocycles. The van der Waals surface area contributed by atoms with Crippen molar-refractivity contribution in [2.75, 3.05) is 0 Å². The molecule has 5 rings (SSSR count). The average molecular weight is 401 g/mol. The number of alkyl halides is 3. The monoisotopic (exact) mass is 401 g/mol. The van der Waals surface area contributed by atoms with Crippen LogP contribution in [0.4, 0.5) is 13.2 Å². The predicted molar refractivity (Wildman–Crippen MR) is 101 cm³/mol. The van der Waals surface area contributed by atoms with Crippen LogP contribution in [0.3, 0.4) is 0 Å². The first-order valence-electron chi connectivity index (χ1n) is 10.1. The summed E-state index contributed by atoms with van der Waals surface area (Å²) < 4.78 is 44.5. The molecule has 2 unspecified atom stereocenters. The fourth-order valence-corrected chi connectivity index (χ4v) is 5.38. The van der Waals surface area contributed by atoms with E-state index >= 15 is 0 Å². The average Bonchev–Trinajstić information content (AvgIpc) is 3.20. The third kappa shape index (κ3) is 3.09. The first kappa shape index (κ1) is 18.5. The second-order valence-corrected chi connectivity index (χ2v) is 8.53. The Bertz CT molecular complexity index is 921. The number of carbonyl (C=O) groups is 1. The van der Waals surface area contributed by atoms with E-state index in [9.17, 15) is 18.0 Å². The number of carbonyl (C=O) groups excluding carboxylic acids is 1. The van der Waals surface area contributed by atoms with E-state index in [0.717, 1.165) is 31.4 Å². The molecule has 29 heavy (non-hydrogen) atoms. The first-order valence-corrected chi connectivity index (χ1v) is 10.1. The van der Waals surface area contributed by atoms with E-state index in [2.05, 4.69) is 17.0 Å². The molecule has 1 aliphatic carbocycles. The number of hydrogen-bond acceptors (Lipinski definition) is 2. The Morgan fingerprint density at radius 3 is 2.45 bits per heavy atom. The van der Waals surface area contributed by atoms with E-state index in [1.807, 2.05) is 18.2 Å². The van der Waals surface area contributed by atoms with E-state index in [4.69, 9.17) is 4.74 Å². The third-order valence-electron chi connectivity index (χ3n) is 6.70. The predicted octanol–water partition coefficient (Wildman–Crippen LogP) is 5.37. The van der Waals surface area contributed by atoms with Crippen LogP contribution in [0.5, 0.6) is 5.75 Å². The molecule has 0 N–H and O–H groups in total. The normalized spacial score (nSPS) is 31.1. The maximum atomic E-state index is 13.3. The molecule has 2 atom stereocenters. The van der Waals surface area contributed by atoms with Crippen molar-refractivity contribution >= 4 is 5.91 Å². The lowest BCUT2D eigenvalue weighted by Crippen LogP contribution is -2.49. The topological polar surface area (TPSA) is 29.5 Å². The zero-order valence-electron chi connectivity index (χ0n) is 15.9. The summed E-state index contributed by atoms with van der Waals surface area (Å²) in [4.78, 5) is 15.3. The van der Waals surface area contributed by atoms with Gasteiger partial charge >= 0.3 is 6.18 Å². The van der Waals surface area contributed by atoms with Gasteiger partial charge in [-0.2, -0.15) is 13.2 Å². The van der Waals surface area contributed by atoms with Crippen LogP contribution in [0.15, 0.2) is 54.6 Å². The van der Waals surface area contributed by atoms with Crippen LogP contribution in [0.25, 0.3) is 0 Å². The van der Waals surface area contributed by atoms with Gasteiger partial charge in [0, 0.05) is 6.04 Å². The minimum absolute atomic E-state index is 0.136. The van der Waals surface area contributed by atoms with E-state index in [1.165, 1.54) is 11.6 Å². The van der Waals surface area contributed by atoms with Crippen LogP contribution in [0.1, 0.15) is 49.3 Å². The highest BCUT2D eigenvalue weighted by Gasteiger charge is 2.61. The van der Waals surface area contributed by atoms with Crippen molar-refractivity contribution in [1.29, 1.82) is 0 Å². The van der Waals surface area contributed by atoms with Gasteiger partial charge in [-0.15, -0.1) is 0 Å². The number of hydrogen-bond donors (Lipinski definition) is 0. The van der Waals surface area contributed by atoms with Gasteiger partial charge in [-0.3, -0.25) is 4.79 Å². The van der Waals surface area contributed by atoms with Gasteiger partial charge in [0.15, 0.2) is 0 Å². The highest BCUT2D eigenvalue weighted by Crippen LogP contribution is 2.57. The molecule has 0 radical (unpaired) electrons. The third-order valence-corrected chi connectivity index (χ3v) is 6.70. The van der Waals surface area contributed by atoms with Gasteiger partial charge in [0.05, 0.1) is 17.0 Å². The van der Waals surface area contributed by atoms with Gasteiger partial charge in [-0.25, -0.2) is 0 Å². The van der Waals surface area contributed by atoms with Crippen LogP contribution >= 0.6 is 0 Å². The summed E-state index contributed by atoms with van der Waals surface area (Å²) in [5.41, 5.74) is 0.0635. The minimum atomic E-state index is -4.39. The lowest BCUT2D eigenvalue weighted by atomic mass is 9.64. The molecule has 2 saturated heterocycles. The number of ether oxygens (including phenoxy) is 1. The highest BCUT2D eigenvalue weighted by molar-refractivity contribution is 5.87. The molecule has 3 nitrogen and oxygen atoms in total. The Hall–Kier alpha value is -2.50. The second kappa shape index (κ2) is 6.51. The Morgan fingerprint density at radius 1 is 0.966 bits per heavy atom. The van der Waals surface area contributed by atoms with Crippen LogP contribution in [0, 0.1) is 5.41 Å². The van der Waals surface area contributed by atoms with Gasteiger partial charge < -0.3 is 9.64 Å². The summed E-state index contributed by atoms with van der Waals surface area (Å²) in [6.07, 6.45) is -0.617. The Labute approximate surface area is 167 Å². The number of rotatable bonds is 3. The standard InChI is InChI=1S/C23H22F3NO2/c24-23(25,26)16-7-4-8-18(11-16)29-19-13-22(14-19)12-17-9-10-20(27(17)21(22)28)15-5-2-1-3-6-15/h1-8,11,17,19-20H,9-10,12-14H2. The van der Waals surface area contributed by atoms with Crippen molar-refractivity contribution in [3.05, 3.63) is 65.7 Å². The molecule has 2 aromatic carbocycles. The first-order chi connectivity index (χ1) is 13.9. The molecule has 1 spiro atoms. The van der Waals surface area contributed by atoms with Crippen molar-refractivity contribution in [2.45, 2.75) is 56.5 Å². The zero-order valence-corrected chi connectivity index (χ0v) is 15.9. The summed E-state index contributed by atoms with van der Waals surface area (Å²) in [5.74, 6) is 0.408. The molecule has 3 fully saturated rings. The largest absolute Gasteiger partial charge is 0.490 e. The van der Waals surface area contributed by atoms with E-state index in [1.54, 1.807) is 6.07 Å². The van der Waals surface area contributed by atoms with E-state index in [-0.39, 0.29) is 29.8 Å². The molecule has 0 bridgehead atoms. The summed E-state index contributed by atoms with van der Waals surface area (Å²) in [6, 6.07) is 15.5. The molecule has 152 valence electrons.